The van der Waals surface area contributed by atoms with Crippen LogP contribution in [0.15, 0.2) is 48.5 Å². The Morgan fingerprint density at radius 2 is 1.75 bits per heavy atom. The second kappa shape index (κ2) is 5.99. The third-order valence-corrected chi connectivity index (χ3v) is 3.69. The Labute approximate surface area is 135 Å². The summed E-state index contributed by atoms with van der Waals surface area (Å²) < 4.78 is 43.9. The van der Waals surface area contributed by atoms with Gasteiger partial charge in [-0.1, -0.05) is 30.3 Å². The van der Waals surface area contributed by atoms with Crippen LogP contribution in [0.25, 0.3) is 0 Å². The van der Waals surface area contributed by atoms with Crippen LogP contribution in [0.4, 0.5) is 18.9 Å². The number of esters is 1. The number of amides is 1. The van der Waals surface area contributed by atoms with Gasteiger partial charge in [-0.3, -0.25) is 9.59 Å². The average Bonchev–Trinajstić information content (AvgIpc) is 2.53. The lowest BCUT2D eigenvalue weighted by atomic mass is 9.90. The highest BCUT2D eigenvalue weighted by Crippen LogP contribution is 2.38. The van der Waals surface area contributed by atoms with Crippen molar-refractivity contribution in [2.45, 2.75) is 18.5 Å². The lowest BCUT2D eigenvalue weighted by Crippen LogP contribution is -2.30. The zero-order valence-corrected chi connectivity index (χ0v) is 12.3. The van der Waals surface area contributed by atoms with Gasteiger partial charge in [0.05, 0.1) is 11.5 Å². The molecule has 0 fully saturated rings. The van der Waals surface area contributed by atoms with E-state index in [1.807, 2.05) is 0 Å². The molecule has 0 radical (unpaired) electrons. The van der Waals surface area contributed by atoms with Crippen LogP contribution >= 0.6 is 0 Å². The molecule has 1 atom stereocenters. The summed E-state index contributed by atoms with van der Waals surface area (Å²) in [5.41, 5.74) is -0.0571. The van der Waals surface area contributed by atoms with Crippen LogP contribution in [0, 0.1) is 0 Å². The average molecular weight is 335 g/mol. The Kier molecular flexibility index (Phi) is 4.01. The molecule has 1 unspecified atom stereocenters. The molecule has 0 aliphatic carbocycles. The van der Waals surface area contributed by atoms with E-state index in [1.54, 1.807) is 24.3 Å². The highest BCUT2D eigenvalue weighted by Gasteiger charge is 2.37. The van der Waals surface area contributed by atoms with E-state index in [4.69, 9.17) is 4.74 Å². The molecule has 1 amide bonds. The van der Waals surface area contributed by atoms with Gasteiger partial charge in [0, 0.05) is 12.1 Å². The lowest BCUT2D eigenvalue weighted by Gasteiger charge is -2.24. The number of anilines is 1. The topological polar surface area (TPSA) is 55.4 Å². The van der Waals surface area contributed by atoms with Crippen molar-refractivity contribution in [2.75, 3.05) is 5.32 Å². The Balaban J connectivity index is 1.91. The fourth-order valence-electron chi connectivity index (χ4n) is 2.59. The number of carbonyl (C=O) groups excluding carboxylic acids is 2. The molecule has 2 aromatic rings. The summed E-state index contributed by atoms with van der Waals surface area (Å²) in [6, 6.07) is 11.1. The number of nitrogens with one attached hydrogen (secondary N) is 1. The van der Waals surface area contributed by atoms with E-state index in [0.717, 1.165) is 12.1 Å². The van der Waals surface area contributed by atoms with Crippen LogP contribution in [-0.4, -0.2) is 11.9 Å². The van der Waals surface area contributed by atoms with Crippen LogP contribution in [0.2, 0.25) is 0 Å². The highest BCUT2D eigenvalue weighted by molar-refractivity contribution is 6.00. The molecule has 4 nitrogen and oxygen atoms in total. The molecule has 124 valence electrons. The van der Waals surface area contributed by atoms with Crippen molar-refractivity contribution < 1.29 is 27.5 Å². The van der Waals surface area contributed by atoms with E-state index in [9.17, 15) is 22.8 Å². The maximum Gasteiger partial charge on any atom is 0.419 e. The number of para-hydroxylation sites is 2. The van der Waals surface area contributed by atoms with Crippen molar-refractivity contribution in [2.24, 2.45) is 0 Å². The molecule has 0 bridgehead atoms. The van der Waals surface area contributed by atoms with Crippen molar-refractivity contribution in [3.05, 3.63) is 59.7 Å². The number of alkyl halides is 3. The van der Waals surface area contributed by atoms with Crippen LogP contribution in [0.3, 0.4) is 0 Å². The molecule has 0 saturated heterocycles. The largest absolute Gasteiger partial charge is 0.425 e. The fourth-order valence-corrected chi connectivity index (χ4v) is 2.59. The summed E-state index contributed by atoms with van der Waals surface area (Å²) in [7, 11) is 0. The summed E-state index contributed by atoms with van der Waals surface area (Å²) in [4.78, 5) is 24.1. The molecule has 0 aromatic heterocycles. The minimum absolute atomic E-state index is 0.177. The second-order valence-corrected chi connectivity index (χ2v) is 5.31. The fraction of sp³-hybridized carbons (Fsp3) is 0.176. The molecular weight excluding hydrogens is 323 g/mol. The number of fused-ring (bicyclic) bond motifs is 1. The van der Waals surface area contributed by atoms with Gasteiger partial charge in [-0.2, -0.15) is 13.2 Å². The van der Waals surface area contributed by atoms with E-state index in [0.29, 0.717) is 11.3 Å². The number of hydrogen-bond acceptors (Lipinski definition) is 3. The molecule has 1 heterocycles. The summed E-state index contributed by atoms with van der Waals surface area (Å²) in [6.07, 6.45) is -4.82. The third kappa shape index (κ3) is 3.10. The molecular formula is C17H12F3NO3. The van der Waals surface area contributed by atoms with E-state index in [-0.39, 0.29) is 12.3 Å². The first-order chi connectivity index (χ1) is 11.4. The van der Waals surface area contributed by atoms with Crippen LogP contribution < -0.4 is 10.1 Å². The van der Waals surface area contributed by atoms with Crippen molar-refractivity contribution >= 4 is 17.6 Å². The first-order valence-electron chi connectivity index (χ1n) is 7.13. The van der Waals surface area contributed by atoms with Gasteiger partial charge in [0.2, 0.25) is 5.91 Å². The second-order valence-electron chi connectivity index (χ2n) is 5.31. The molecule has 1 aliphatic rings. The number of benzene rings is 2. The Morgan fingerprint density at radius 1 is 1.08 bits per heavy atom. The van der Waals surface area contributed by atoms with Gasteiger partial charge in [-0.15, -0.1) is 0 Å². The third-order valence-electron chi connectivity index (χ3n) is 3.69. The molecule has 24 heavy (non-hydrogen) atoms. The van der Waals surface area contributed by atoms with Gasteiger partial charge in [-0.05, 0) is 23.8 Å². The molecule has 2 aromatic carbocycles. The van der Waals surface area contributed by atoms with Gasteiger partial charge < -0.3 is 10.1 Å². The number of hydrogen-bond donors (Lipinski definition) is 1. The van der Waals surface area contributed by atoms with Gasteiger partial charge >= 0.3 is 12.1 Å². The maximum atomic E-state index is 13.0. The van der Waals surface area contributed by atoms with E-state index in [1.165, 1.54) is 12.1 Å². The number of halogens is 3. The molecule has 0 spiro atoms. The van der Waals surface area contributed by atoms with Crippen molar-refractivity contribution in [3.63, 3.8) is 0 Å². The van der Waals surface area contributed by atoms with Crippen LogP contribution in [0.5, 0.6) is 5.75 Å². The maximum absolute atomic E-state index is 13.0. The molecule has 7 heteroatoms. The van der Waals surface area contributed by atoms with E-state index < -0.39 is 29.4 Å². The van der Waals surface area contributed by atoms with Gasteiger partial charge in [-0.25, -0.2) is 0 Å². The molecule has 3 rings (SSSR count). The SMILES string of the molecule is O=C1CC(C(=O)Oc2ccccc2C(F)(F)F)c2ccccc2N1. The Bertz CT molecular complexity index is 802. The number of carbonyl (C=O) groups is 2. The summed E-state index contributed by atoms with van der Waals surface area (Å²) in [5.74, 6) is -2.80. The highest BCUT2D eigenvalue weighted by atomic mass is 19.4. The predicted molar refractivity (Wildman–Crippen MR) is 79.5 cm³/mol. The summed E-state index contributed by atoms with van der Waals surface area (Å²) in [6.45, 7) is 0. The summed E-state index contributed by atoms with van der Waals surface area (Å²) >= 11 is 0. The molecule has 1 aliphatic heterocycles. The molecule has 0 saturated carbocycles. The van der Waals surface area contributed by atoms with Crippen molar-refractivity contribution in [1.82, 2.24) is 0 Å². The van der Waals surface area contributed by atoms with Crippen LogP contribution in [0.1, 0.15) is 23.5 Å². The number of ether oxygens (including phenoxy) is 1. The summed E-state index contributed by atoms with van der Waals surface area (Å²) in [5, 5.41) is 2.62. The Morgan fingerprint density at radius 3 is 2.50 bits per heavy atom. The van der Waals surface area contributed by atoms with Crippen LogP contribution in [-0.2, 0) is 15.8 Å². The van der Waals surface area contributed by atoms with Gasteiger partial charge in [0.1, 0.15) is 5.75 Å². The van der Waals surface area contributed by atoms with E-state index >= 15 is 0 Å². The molecule has 1 N–H and O–H groups in total. The Hall–Kier alpha value is -2.83. The first kappa shape index (κ1) is 16.0. The zero-order valence-electron chi connectivity index (χ0n) is 12.3. The van der Waals surface area contributed by atoms with E-state index in [2.05, 4.69) is 5.32 Å². The normalized spacial score (nSPS) is 17.0. The zero-order chi connectivity index (χ0) is 17.3. The lowest BCUT2D eigenvalue weighted by molar-refractivity contribution is -0.144. The standard InChI is InChI=1S/C17H12F3NO3/c18-17(19,20)12-6-2-4-8-14(12)24-16(23)11-9-15(22)21-13-7-3-1-5-10(11)13/h1-8,11H,9H2,(H,21,22). The quantitative estimate of drug-likeness (QED) is 0.672. The van der Waals surface area contributed by atoms with Gasteiger partial charge in [0.15, 0.2) is 0 Å². The minimum atomic E-state index is -4.64. The first-order valence-corrected chi connectivity index (χ1v) is 7.13. The smallest absolute Gasteiger partial charge is 0.419 e. The number of rotatable bonds is 2. The van der Waals surface area contributed by atoms with Crippen molar-refractivity contribution in [1.29, 1.82) is 0 Å². The van der Waals surface area contributed by atoms with Gasteiger partial charge in [0.25, 0.3) is 0 Å². The van der Waals surface area contributed by atoms with Crippen molar-refractivity contribution in [3.8, 4) is 5.75 Å². The monoisotopic (exact) mass is 335 g/mol. The minimum Gasteiger partial charge on any atom is -0.425 e. The predicted octanol–water partition coefficient (Wildman–Crippen LogP) is 3.74.